The summed E-state index contributed by atoms with van der Waals surface area (Å²) < 4.78 is 0. The van der Waals surface area contributed by atoms with E-state index in [9.17, 15) is 19.5 Å². The number of aromatic nitrogens is 3. The van der Waals surface area contributed by atoms with E-state index in [-0.39, 0.29) is 42.3 Å². The van der Waals surface area contributed by atoms with Gasteiger partial charge in [-0.05, 0) is 67.7 Å². The molecule has 0 radical (unpaired) electrons. The Hall–Kier alpha value is -4.03. The normalized spacial score (nSPS) is 16.8. The highest BCUT2D eigenvalue weighted by Gasteiger charge is 2.38. The van der Waals surface area contributed by atoms with Crippen molar-refractivity contribution in [2.75, 3.05) is 44.6 Å². The molecule has 218 valence electrons. The molecule has 4 heterocycles. The molecule has 0 bridgehead atoms. The minimum Gasteiger partial charge on any atom is -0.395 e. The zero-order valence-corrected chi connectivity index (χ0v) is 23.5. The smallest absolute Gasteiger partial charge is 0.261 e. The number of likely N-dealkylation sites (tertiary alicyclic amines) is 1. The molecule has 6 rings (SSSR count). The van der Waals surface area contributed by atoms with E-state index in [4.69, 9.17) is 16.7 Å². The number of nitrogens with one attached hydrogen (secondary N) is 3. The first-order chi connectivity index (χ1) is 20.3. The van der Waals surface area contributed by atoms with Crippen molar-refractivity contribution in [1.82, 2.24) is 24.8 Å². The molecule has 42 heavy (non-hydrogen) atoms. The predicted molar refractivity (Wildman–Crippen MR) is 159 cm³/mol. The number of imide groups is 1. The lowest BCUT2D eigenvalue weighted by atomic mass is 9.96. The van der Waals surface area contributed by atoms with Gasteiger partial charge in [-0.15, -0.1) is 0 Å². The van der Waals surface area contributed by atoms with Gasteiger partial charge in [0.1, 0.15) is 11.4 Å². The summed E-state index contributed by atoms with van der Waals surface area (Å²) in [6, 6.07) is 11.8. The third-order valence-corrected chi connectivity index (χ3v) is 8.29. The number of carbonyl (C=O) groups is 2. The number of halogens is 1. The Balaban J connectivity index is 1.22. The number of imidazole rings is 1. The Morgan fingerprint density at radius 3 is 2.57 bits per heavy atom. The number of fused-ring (bicyclic) bond motifs is 2. The van der Waals surface area contributed by atoms with Gasteiger partial charge in [-0.1, -0.05) is 23.7 Å². The van der Waals surface area contributed by atoms with Crippen LogP contribution in [0.2, 0.25) is 5.02 Å². The van der Waals surface area contributed by atoms with Crippen LogP contribution in [-0.4, -0.2) is 86.1 Å². The summed E-state index contributed by atoms with van der Waals surface area (Å²) in [5.41, 5.74) is 2.52. The fourth-order valence-electron chi connectivity index (χ4n) is 5.77. The largest absolute Gasteiger partial charge is 0.395 e. The molecule has 2 aromatic carbocycles. The Labute approximate surface area is 246 Å². The summed E-state index contributed by atoms with van der Waals surface area (Å²) in [7, 11) is 0. The minimum atomic E-state index is -0.873. The van der Waals surface area contributed by atoms with Crippen LogP contribution in [0.15, 0.2) is 53.5 Å². The summed E-state index contributed by atoms with van der Waals surface area (Å²) >= 11 is 6.05. The van der Waals surface area contributed by atoms with Crippen LogP contribution in [0.3, 0.4) is 0 Å². The lowest BCUT2D eigenvalue weighted by molar-refractivity contribution is 0.0593. The number of amides is 2. The van der Waals surface area contributed by atoms with Gasteiger partial charge in [0.2, 0.25) is 0 Å². The number of rotatable bonds is 9. The molecule has 0 saturated carbocycles. The number of anilines is 1. The fraction of sp³-hybridized carbons (Fsp3) is 0.333. The highest BCUT2D eigenvalue weighted by molar-refractivity contribution is 6.30. The van der Waals surface area contributed by atoms with E-state index in [1.165, 1.54) is 11.1 Å². The zero-order chi connectivity index (χ0) is 29.4. The van der Waals surface area contributed by atoms with Crippen LogP contribution < -0.4 is 10.9 Å². The van der Waals surface area contributed by atoms with Gasteiger partial charge in [0.15, 0.2) is 0 Å². The van der Waals surface area contributed by atoms with Crippen LogP contribution in [-0.2, 0) is 0 Å². The number of aromatic amines is 2. The molecule has 2 aliphatic heterocycles. The van der Waals surface area contributed by atoms with E-state index < -0.39 is 11.7 Å². The molecule has 12 heteroatoms. The van der Waals surface area contributed by atoms with Crippen LogP contribution in [0.25, 0.3) is 22.4 Å². The van der Waals surface area contributed by atoms with Crippen molar-refractivity contribution in [3.8, 4) is 11.4 Å². The highest BCUT2D eigenvalue weighted by atomic mass is 35.5. The van der Waals surface area contributed by atoms with Crippen molar-refractivity contribution in [2.45, 2.75) is 18.9 Å². The SMILES string of the molecule is O=C1c2cc3nc(-c4c(NC[C@@H](O)c5cccc(Cl)c5)cc[nH]c4=O)[nH]c3cc2C(=O)N1CC1CCN(CCO)CC1. The lowest BCUT2D eigenvalue weighted by Crippen LogP contribution is -2.41. The van der Waals surface area contributed by atoms with Gasteiger partial charge in [-0.25, -0.2) is 4.98 Å². The first-order valence-corrected chi connectivity index (χ1v) is 14.3. The Bertz CT molecular complexity index is 1660. The molecule has 4 aromatic rings. The number of benzene rings is 2. The first-order valence-electron chi connectivity index (χ1n) is 13.9. The molecule has 1 fully saturated rings. The predicted octanol–water partition coefficient (Wildman–Crippen LogP) is 3.02. The quantitative estimate of drug-likeness (QED) is 0.186. The number of aliphatic hydroxyl groups is 2. The summed E-state index contributed by atoms with van der Waals surface area (Å²) in [5, 5.41) is 23.4. The van der Waals surface area contributed by atoms with E-state index in [1.54, 1.807) is 42.5 Å². The molecule has 0 unspecified atom stereocenters. The van der Waals surface area contributed by atoms with E-state index in [2.05, 4.69) is 25.2 Å². The third-order valence-electron chi connectivity index (χ3n) is 8.05. The number of β-amino-alcohol motifs (C(OH)–C–C–N with tert-alkyl or cyclic N) is 1. The summed E-state index contributed by atoms with van der Waals surface area (Å²) in [5.74, 6) is -0.193. The molecule has 0 aliphatic carbocycles. The number of H-pyrrole nitrogens is 2. The number of piperidine rings is 1. The van der Waals surface area contributed by atoms with Gasteiger partial charge in [0.25, 0.3) is 17.4 Å². The second-order valence-corrected chi connectivity index (χ2v) is 11.2. The maximum atomic E-state index is 13.3. The maximum absolute atomic E-state index is 13.3. The number of pyridine rings is 1. The molecule has 1 atom stereocenters. The number of hydrogen-bond acceptors (Lipinski definition) is 8. The molecular formula is C30H31ClN6O5. The van der Waals surface area contributed by atoms with Crippen molar-refractivity contribution in [1.29, 1.82) is 0 Å². The van der Waals surface area contributed by atoms with E-state index in [0.717, 1.165) is 25.9 Å². The number of carbonyl (C=O) groups excluding carboxylic acids is 2. The Morgan fingerprint density at radius 2 is 1.83 bits per heavy atom. The lowest BCUT2D eigenvalue weighted by Gasteiger charge is -2.32. The van der Waals surface area contributed by atoms with Crippen molar-refractivity contribution < 1.29 is 19.8 Å². The average Bonchev–Trinajstić information content (AvgIpc) is 3.49. The Kier molecular flexibility index (Phi) is 7.82. The molecule has 5 N–H and O–H groups in total. The van der Waals surface area contributed by atoms with Crippen LogP contribution in [0.5, 0.6) is 0 Å². The van der Waals surface area contributed by atoms with Crippen LogP contribution in [0.1, 0.15) is 45.2 Å². The van der Waals surface area contributed by atoms with Crippen molar-refractivity contribution in [2.24, 2.45) is 5.92 Å². The van der Waals surface area contributed by atoms with Crippen molar-refractivity contribution >= 4 is 40.1 Å². The second kappa shape index (κ2) is 11.7. The molecule has 2 aliphatic rings. The second-order valence-electron chi connectivity index (χ2n) is 10.8. The minimum absolute atomic E-state index is 0.116. The van der Waals surface area contributed by atoms with Crippen molar-refractivity contribution in [3.63, 3.8) is 0 Å². The van der Waals surface area contributed by atoms with Gasteiger partial charge in [-0.3, -0.25) is 19.3 Å². The van der Waals surface area contributed by atoms with E-state index >= 15 is 0 Å². The third kappa shape index (κ3) is 5.43. The molecular weight excluding hydrogens is 560 g/mol. The van der Waals surface area contributed by atoms with Gasteiger partial charge in [0.05, 0.1) is 40.6 Å². The molecule has 0 spiro atoms. The maximum Gasteiger partial charge on any atom is 0.261 e. The fourth-order valence-corrected chi connectivity index (χ4v) is 5.97. The number of hydrogen-bond donors (Lipinski definition) is 5. The average molecular weight is 591 g/mol. The molecule has 2 aromatic heterocycles. The molecule has 2 amide bonds. The van der Waals surface area contributed by atoms with E-state index in [1.807, 2.05) is 0 Å². The van der Waals surface area contributed by atoms with Crippen LogP contribution in [0.4, 0.5) is 5.69 Å². The molecule has 11 nitrogen and oxygen atoms in total. The summed E-state index contributed by atoms with van der Waals surface area (Å²) in [6.45, 7) is 2.90. The number of aliphatic hydroxyl groups excluding tert-OH is 2. The number of nitrogens with zero attached hydrogens (tertiary/aromatic N) is 3. The van der Waals surface area contributed by atoms with Gasteiger partial charge >= 0.3 is 0 Å². The van der Waals surface area contributed by atoms with E-state index in [0.29, 0.717) is 51.5 Å². The van der Waals surface area contributed by atoms with Crippen molar-refractivity contribution in [3.05, 3.63) is 80.7 Å². The first kappa shape index (κ1) is 28.1. The topological polar surface area (TPSA) is 155 Å². The van der Waals surface area contributed by atoms with Crippen LogP contribution >= 0.6 is 11.6 Å². The van der Waals surface area contributed by atoms with Gasteiger partial charge in [-0.2, -0.15) is 0 Å². The zero-order valence-electron chi connectivity index (χ0n) is 22.8. The standard InChI is InChI=1S/C30H31ClN6O5/c31-19-3-1-2-18(12-19)25(39)15-33-22-4-7-32-28(40)26(22)27-34-23-13-20-21(14-24(23)35-27)30(42)37(29(20)41)16-17-5-8-36(9-6-17)10-11-38/h1-4,7,12-14,17,25,38-39H,5-6,8-11,15-16H2,(H,34,35)(H2,32,33,40)/t25-/m1/s1. The monoisotopic (exact) mass is 590 g/mol. The highest BCUT2D eigenvalue weighted by Crippen LogP contribution is 2.32. The van der Waals surface area contributed by atoms with Gasteiger partial charge < -0.3 is 30.4 Å². The Morgan fingerprint density at radius 1 is 1.07 bits per heavy atom. The summed E-state index contributed by atoms with van der Waals surface area (Å²) in [4.78, 5) is 53.4. The molecule has 1 saturated heterocycles. The van der Waals surface area contributed by atoms with Gasteiger partial charge in [0, 0.05) is 30.9 Å². The summed E-state index contributed by atoms with van der Waals surface area (Å²) in [6.07, 6.45) is 2.34. The van der Waals surface area contributed by atoms with Crippen LogP contribution in [0, 0.1) is 5.92 Å².